The van der Waals surface area contributed by atoms with E-state index >= 15 is 0 Å². The zero-order valence-corrected chi connectivity index (χ0v) is 20.4. The molecule has 0 saturated heterocycles. The standard InChI is InChI=1S/C34H26N2/c1-34(2)29-13-7-6-12-27(29)28-20-19-26(22-30(28)34)23-15-17-25(18-16-23)33-32(24-10-4-3-5-11-24)35-31-14-8-9-21-36(31)33/h3-22H,1-2H3. The third-order valence-corrected chi connectivity index (χ3v) is 7.65. The third-order valence-electron chi connectivity index (χ3n) is 7.65. The molecule has 2 heterocycles. The first-order chi connectivity index (χ1) is 17.6. The monoisotopic (exact) mass is 462 g/mol. The molecule has 1 aliphatic carbocycles. The van der Waals surface area contributed by atoms with Crippen molar-refractivity contribution in [1.29, 1.82) is 0 Å². The molecule has 0 N–H and O–H groups in total. The van der Waals surface area contributed by atoms with Crippen LogP contribution in [0.5, 0.6) is 0 Å². The Labute approximate surface area is 211 Å². The van der Waals surface area contributed by atoms with Crippen LogP contribution in [-0.4, -0.2) is 9.38 Å². The highest BCUT2D eigenvalue weighted by molar-refractivity contribution is 5.85. The zero-order chi connectivity index (χ0) is 24.3. The van der Waals surface area contributed by atoms with E-state index in [2.05, 4.69) is 128 Å². The lowest BCUT2D eigenvalue weighted by Gasteiger charge is -2.22. The van der Waals surface area contributed by atoms with Gasteiger partial charge in [0, 0.05) is 22.7 Å². The van der Waals surface area contributed by atoms with Gasteiger partial charge in [-0.2, -0.15) is 0 Å². The van der Waals surface area contributed by atoms with Gasteiger partial charge in [0.2, 0.25) is 0 Å². The average molecular weight is 463 g/mol. The molecule has 2 nitrogen and oxygen atoms in total. The number of fused-ring (bicyclic) bond motifs is 4. The Balaban J connectivity index is 1.32. The van der Waals surface area contributed by atoms with Crippen LogP contribution in [0.2, 0.25) is 0 Å². The molecule has 172 valence electrons. The van der Waals surface area contributed by atoms with Crippen molar-refractivity contribution in [1.82, 2.24) is 9.38 Å². The van der Waals surface area contributed by atoms with Crippen LogP contribution in [0.4, 0.5) is 0 Å². The number of rotatable bonds is 3. The fourth-order valence-corrected chi connectivity index (χ4v) is 5.77. The van der Waals surface area contributed by atoms with Crippen LogP contribution in [0.1, 0.15) is 25.0 Å². The molecule has 0 aliphatic heterocycles. The maximum Gasteiger partial charge on any atom is 0.137 e. The molecule has 0 saturated carbocycles. The van der Waals surface area contributed by atoms with Crippen molar-refractivity contribution in [3.05, 3.63) is 133 Å². The van der Waals surface area contributed by atoms with Crippen molar-refractivity contribution in [3.8, 4) is 44.8 Å². The topological polar surface area (TPSA) is 17.3 Å². The summed E-state index contributed by atoms with van der Waals surface area (Å²) < 4.78 is 2.19. The first kappa shape index (κ1) is 20.9. The molecule has 6 aromatic rings. The minimum atomic E-state index is 0.00295. The lowest BCUT2D eigenvalue weighted by molar-refractivity contribution is 0.660. The Kier molecular flexibility index (Phi) is 4.52. The highest BCUT2D eigenvalue weighted by Gasteiger charge is 2.35. The maximum atomic E-state index is 4.98. The van der Waals surface area contributed by atoms with Crippen LogP contribution in [-0.2, 0) is 5.41 Å². The quantitative estimate of drug-likeness (QED) is 0.257. The van der Waals surface area contributed by atoms with E-state index in [0.717, 1.165) is 28.2 Å². The van der Waals surface area contributed by atoms with Gasteiger partial charge in [0.15, 0.2) is 0 Å². The lowest BCUT2D eigenvalue weighted by Crippen LogP contribution is -2.14. The summed E-state index contributed by atoms with van der Waals surface area (Å²) in [6.45, 7) is 4.67. The summed E-state index contributed by atoms with van der Waals surface area (Å²) in [5.41, 5.74) is 13.4. The Hall–Kier alpha value is -4.43. The number of imidazole rings is 1. The van der Waals surface area contributed by atoms with Gasteiger partial charge in [-0.25, -0.2) is 4.98 Å². The SMILES string of the molecule is CC1(C)c2ccccc2-c2ccc(-c3ccc(-c4c(-c5ccccc5)nc5ccccn45)cc3)cc21. The fourth-order valence-electron chi connectivity index (χ4n) is 5.77. The number of pyridine rings is 1. The fraction of sp³-hybridized carbons (Fsp3) is 0.0882. The van der Waals surface area contributed by atoms with E-state index in [0.29, 0.717) is 0 Å². The molecule has 4 aromatic carbocycles. The second-order valence-electron chi connectivity index (χ2n) is 10.1. The molecular formula is C34H26N2. The number of aromatic nitrogens is 2. The van der Waals surface area contributed by atoms with E-state index in [1.165, 1.54) is 33.4 Å². The van der Waals surface area contributed by atoms with Gasteiger partial charge in [-0.15, -0.1) is 0 Å². The molecule has 0 radical (unpaired) electrons. The third kappa shape index (κ3) is 3.08. The molecule has 7 rings (SSSR count). The molecule has 0 unspecified atom stereocenters. The summed E-state index contributed by atoms with van der Waals surface area (Å²) in [7, 11) is 0. The Bertz CT molecular complexity index is 1740. The molecule has 2 heteroatoms. The van der Waals surface area contributed by atoms with Crippen LogP contribution in [0.25, 0.3) is 50.4 Å². The van der Waals surface area contributed by atoms with Crippen LogP contribution in [0, 0.1) is 0 Å². The van der Waals surface area contributed by atoms with Crippen molar-refractivity contribution in [3.63, 3.8) is 0 Å². The maximum absolute atomic E-state index is 4.98. The van der Waals surface area contributed by atoms with Gasteiger partial charge in [-0.1, -0.05) is 111 Å². The summed E-state index contributed by atoms with van der Waals surface area (Å²) in [6.07, 6.45) is 2.10. The molecule has 1 aliphatic rings. The summed E-state index contributed by atoms with van der Waals surface area (Å²) in [4.78, 5) is 4.98. The van der Waals surface area contributed by atoms with Gasteiger partial charge in [0.25, 0.3) is 0 Å². The van der Waals surface area contributed by atoms with Crippen molar-refractivity contribution in [2.45, 2.75) is 19.3 Å². The molecule has 0 amide bonds. The lowest BCUT2D eigenvalue weighted by atomic mass is 9.81. The molecule has 36 heavy (non-hydrogen) atoms. The van der Waals surface area contributed by atoms with Crippen molar-refractivity contribution >= 4 is 5.65 Å². The van der Waals surface area contributed by atoms with Crippen LogP contribution < -0.4 is 0 Å². The Morgan fingerprint density at radius 1 is 0.556 bits per heavy atom. The summed E-state index contributed by atoms with van der Waals surface area (Å²) in [6, 6.07) is 41.3. The van der Waals surface area contributed by atoms with Crippen LogP contribution in [0.3, 0.4) is 0 Å². The summed E-state index contributed by atoms with van der Waals surface area (Å²) in [5, 5.41) is 0. The Morgan fingerprint density at radius 2 is 1.22 bits per heavy atom. The van der Waals surface area contributed by atoms with E-state index in [4.69, 9.17) is 4.98 Å². The normalized spacial score (nSPS) is 13.5. The molecule has 0 atom stereocenters. The summed E-state index contributed by atoms with van der Waals surface area (Å²) >= 11 is 0. The number of benzene rings is 4. The van der Waals surface area contributed by atoms with Gasteiger partial charge >= 0.3 is 0 Å². The van der Waals surface area contributed by atoms with Gasteiger partial charge in [0.05, 0.1) is 11.4 Å². The highest BCUT2D eigenvalue weighted by Crippen LogP contribution is 2.49. The Morgan fingerprint density at radius 3 is 2.06 bits per heavy atom. The minimum Gasteiger partial charge on any atom is -0.299 e. The van der Waals surface area contributed by atoms with E-state index < -0.39 is 0 Å². The van der Waals surface area contributed by atoms with E-state index in [-0.39, 0.29) is 5.41 Å². The van der Waals surface area contributed by atoms with Crippen LogP contribution in [0.15, 0.2) is 121 Å². The second kappa shape index (κ2) is 7.79. The van der Waals surface area contributed by atoms with Gasteiger partial charge in [0.1, 0.15) is 5.65 Å². The van der Waals surface area contributed by atoms with Crippen molar-refractivity contribution in [2.75, 3.05) is 0 Å². The second-order valence-corrected chi connectivity index (χ2v) is 10.1. The average Bonchev–Trinajstić information content (AvgIpc) is 3.43. The highest BCUT2D eigenvalue weighted by atomic mass is 15.0. The minimum absolute atomic E-state index is 0.00295. The number of hydrogen-bond donors (Lipinski definition) is 0. The van der Waals surface area contributed by atoms with E-state index in [1.807, 2.05) is 12.1 Å². The molecule has 0 fully saturated rings. The predicted molar refractivity (Wildman–Crippen MR) is 149 cm³/mol. The van der Waals surface area contributed by atoms with Crippen molar-refractivity contribution < 1.29 is 0 Å². The number of hydrogen-bond acceptors (Lipinski definition) is 1. The largest absolute Gasteiger partial charge is 0.299 e. The molecule has 2 aromatic heterocycles. The number of nitrogens with zero attached hydrogens (tertiary/aromatic N) is 2. The molecule has 0 spiro atoms. The van der Waals surface area contributed by atoms with E-state index in [9.17, 15) is 0 Å². The van der Waals surface area contributed by atoms with Crippen LogP contribution >= 0.6 is 0 Å². The molecule has 0 bridgehead atoms. The van der Waals surface area contributed by atoms with E-state index in [1.54, 1.807) is 0 Å². The first-order valence-electron chi connectivity index (χ1n) is 12.5. The van der Waals surface area contributed by atoms with Gasteiger partial charge in [-0.3, -0.25) is 4.40 Å². The first-order valence-corrected chi connectivity index (χ1v) is 12.5. The zero-order valence-electron chi connectivity index (χ0n) is 20.4. The predicted octanol–water partition coefficient (Wildman–Crippen LogP) is 8.64. The van der Waals surface area contributed by atoms with Crippen molar-refractivity contribution in [2.24, 2.45) is 0 Å². The van der Waals surface area contributed by atoms with Gasteiger partial charge in [-0.05, 0) is 51.6 Å². The van der Waals surface area contributed by atoms with Gasteiger partial charge < -0.3 is 0 Å². The smallest absolute Gasteiger partial charge is 0.137 e. The molecular weight excluding hydrogens is 436 g/mol. The summed E-state index contributed by atoms with van der Waals surface area (Å²) in [5.74, 6) is 0.